The van der Waals surface area contributed by atoms with E-state index >= 15 is 0 Å². The first kappa shape index (κ1) is 17.1. The zero-order valence-corrected chi connectivity index (χ0v) is 14.0. The van der Waals surface area contributed by atoms with E-state index in [1.807, 2.05) is 6.07 Å². The van der Waals surface area contributed by atoms with Gasteiger partial charge in [-0.2, -0.15) is 4.72 Å². The molecule has 0 aliphatic rings. The van der Waals surface area contributed by atoms with E-state index in [0.717, 1.165) is 5.56 Å². The highest BCUT2D eigenvalue weighted by atomic mass is 32.2. The topological polar surface area (TPSA) is 96.4 Å². The van der Waals surface area contributed by atoms with E-state index in [2.05, 4.69) is 9.71 Å². The molecule has 0 saturated heterocycles. The van der Waals surface area contributed by atoms with Gasteiger partial charge in [-0.15, -0.1) is 0 Å². The summed E-state index contributed by atoms with van der Waals surface area (Å²) in [4.78, 5) is 15.6. The summed E-state index contributed by atoms with van der Waals surface area (Å²) in [5.74, 6) is -1.24. The van der Waals surface area contributed by atoms with Crippen molar-refractivity contribution in [3.63, 3.8) is 0 Å². The number of rotatable bonds is 6. The van der Waals surface area contributed by atoms with Crippen LogP contribution in [0.4, 0.5) is 0 Å². The fraction of sp³-hybridized carbons (Fsp3) is 0.111. The average Bonchev–Trinajstić information content (AvgIpc) is 2.61. The molecule has 1 atom stereocenters. The molecule has 2 aromatic carbocycles. The van der Waals surface area contributed by atoms with Gasteiger partial charge in [-0.25, -0.2) is 8.42 Å². The van der Waals surface area contributed by atoms with Crippen molar-refractivity contribution in [1.82, 2.24) is 9.71 Å². The maximum absolute atomic E-state index is 12.7. The monoisotopic (exact) mass is 356 g/mol. The Kier molecular flexibility index (Phi) is 4.78. The van der Waals surface area contributed by atoms with Crippen LogP contribution in [-0.2, 0) is 21.2 Å². The molecule has 0 radical (unpaired) electrons. The van der Waals surface area contributed by atoms with Gasteiger partial charge in [0, 0.05) is 11.6 Å². The lowest BCUT2D eigenvalue weighted by Gasteiger charge is -2.15. The molecule has 25 heavy (non-hydrogen) atoms. The third kappa shape index (κ3) is 3.84. The van der Waals surface area contributed by atoms with Crippen LogP contribution < -0.4 is 4.72 Å². The van der Waals surface area contributed by atoms with Crippen molar-refractivity contribution < 1.29 is 18.3 Å². The van der Waals surface area contributed by atoms with Crippen molar-refractivity contribution in [1.29, 1.82) is 0 Å². The van der Waals surface area contributed by atoms with E-state index in [1.54, 1.807) is 48.5 Å². The summed E-state index contributed by atoms with van der Waals surface area (Å²) in [5, 5.41) is 10.1. The zero-order valence-electron chi connectivity index (χ0n) is 13.2. The largest absolute Gasteiger partial charge is 0.480 e. The van der Waals surface area contributed by atoms with Crippen molar-refractivity contribution >= 4 is 26.9 Å². The molecule has 0 aliphatic carbocycles. The predicted molar refractivity (Wildman–Crippen MR) is 93.6 cm³/mol. The number of carboxylic acids is 1. The molecular weight excluding hydrogens is 340 g/mol. The Hall–Kier alpha value is -2.77. The number of benzene rings is 2. The maximum atomic E-state index is 12.7. The van der Waals surface area contributed by atoms with Crippen molar-refractivity contribution in [2.75, 3.05) is 0 Å². The Labute approximate surface area is 145 Å². The second-order valence-electron chi connectivity index (χ2n) is 5.53. The Morgan fingerprint density at radius 3 is 2.48 bits per heavy atom. The maximum Gasteiger partial charge on any atom is 0.322 e. The fourth-order valence-corrected chi connectivity index (χ4v) is 3.94. The number of hydrogen-bond donors (Lipinski definition) is 2. The first-order valence-corrected chi connectivity index (χ1v) is 9.08. The van der Waals surface area contributed by atoms with Gasteiger partial charge >= 0.3 is 5.97 Å². The van der Waals surface area contributed by atoms with Gasteiger partial charge < -0.3 is 5.11 Å². The fourth-order valence-electron chi connectivity index (χ4n) is 2.57. The van der Waals surface area contributed by atoms with E-state index in [1.165, 1.54) is 12.3 Å². The summed E-state index contributed by atoms with van der Waals surface area (Å²) in [5.41, 5.74) is 1.04. The quantitative estimate of drug-likeness (QED) is 0.706. The van der Waals surface area contributed by atoms with Crippen LogP contribution in [0.3, 0.4) is 0 Å². The van der Waals surface area contributed by atoms with Crippen LogP contribution in [0.5, 0.6) is 0 Å². The molecule has 0 unspecified atom stereocenters. The van der Waals surface area contributed by atoms with Gasteiger partial charge in [-0.3, -0.25) is 9.78 Å². The molecule has 0 amide bonds. The van der Waals surface area contributed by atoms with E-state index in [9.17, 15) is 18.3 Å². The third-order valence-electron chi connectivity index (χ3n) is 3.76. The minimum absolute atomic E-state index is 0.0371. The lowest BCUT2D eigenvalue weighted by Crippen LogP contribution is -2.42. The second-order valence-corrected chi connectivity index (χ2v) is 7.22. The van der Waals surface area contributed by atoms with E-state index in [4.69, 9.17) is 0 Å². The molecule has 1 heterocycles. The summed E-state index contributed by atoms with van der Waals surface area (Å²) in [6, 6.07) is 15.8. The molecule has 6 nitrogen and oxygen atoms in total. The number of aromatic nitrogens is 1. The normalized spacial score (nSPS) is 12.8. The van der Waals surface area contributed by atoms with Crippen molar-refractivity contribution in [3.05, 3.63) is 72.4 Å². The first-order valence-electron chi connectivity index (χ1n) is 7.60. The average molecular weight is 356 g/mol. The van der Waals surface area contributed by atoms with Gasteiger partial charge in [-0.05, 0) is 24.1 Å². The van der Waals surface area contributed by atoms with Crippen LogP contribution in [0.15, 0.2) is 71.8 Å². The van der Waals surface area contributed by atoms with Crippen molar-refractivity contribution in [2.24, 2.45) is 0 Å². The minimum Gasteiger partial charge on any atom is -0.480 e. The van der Waals surface area contributed by atoms with E-state index < -0.39 is 22.0 Å². The minimum atomic E-state index is -4.04. The molecular formula is C18H16N2O4S. The van der Waals surface area contributed by atoms with Crippen molar-refractivity contribution in [3.8, 4) is 0 Å². The van der Waals surface area contributed by atoms with Gasteiger partial charge in [0.25, 0.3) is 0 Å². The SMILES string of the molecule is O=C(O)[C@@H](Cc1ccccc1)NS(=O)(=O)c1cccc2cccnc12. The number of nitrogens with zero attached hydrogens (tertiary/aromatic N) is 1. The smallest absolute Gasteiger partial charge is 0.322 e. The van der Waals surface area contributed by atoms with Crippen LogP contribution in [0.1, 0.15) is 5.56 Å². The zero-order chi connectivity index (χ0) is 17.9. The van der Waals surface area contributed by atoms with Crippen LogP contribution >= 0.6 is 0 Å². The standard InChI is InChI=1S/C18H16N2O4S/c21-18(22)15(12-13-6-2-1-3-7-13)20-25(23,24)16-10-4-8-14-9-5-11-19-17(14)16/h1-11,15,20H,12H2,(H,21,22)/t15-/m1/s1. The van der Waals surface area contributed by atoms with Gasteiger partial charge in [-0.1, -0.05) is 48.5 Å². The number of nitrogens with one attached hydrogen (secondary N) is 1. The number of aliphatic carboxylic acids is 1. The van der Waals surface area contributed by atoms with Gasteiger partial charge in [0.05, 0.1) is 5.52 Å². The molecule has 128 valence electrons. The lowest BCUT2D eigenvalue weighted by molar-refractivity contribution is -0.138. The lowest BCUT2D eigenvalue weighted by atomic mass is 10.1. The molecule has 7 heteroatoms. The number of para-hydroxylation sites is 1. The van der Waals surface area contributed by atoms with Gasteiger partial charge in [0.2, 0.25) is 10.0 Å². The van der Waals surface area contributed by atoms with Crippen LogP contribution in [0, 0.1) is 0 Å². The van der Waals surface area contributed by atoms with Gasteiger partial charge in [0.1, 0.15) is 10.9 Å². The van der Waals surface area contributed by atoms with Crippen molar-refractivity contribution in [2.45, 2.75) is 17.4 Å². The highest BCUT2D eigenvalue weighted by Crippen LogP contribution is 2.21. The molecule has 1 aromatic heterocycles. The van der Waals surface area contributed by atoms with Crippen LogP contribution in [0.25, 0.3) is 10.9 Å². The molecule has 0 spiro atoms. The molecule has 3 rings (SSSR count). The summed E-state index contributed by atoms with van der Waals surface area (Å²) < 4.78 is 27.8. The van der Waals surface area contributed by atoms with E-state index in [-0.39, 0.29) is 11.3 Å². The third-order valence-corrected chi connectivity index (χ3v) is 5.27. The molecule has 0 saturated carbocycles. The highest BCUT2D eigenvalue weighted by Gasteiger charge is 2.27. The Bertz CT molecular complexity index is 999. The summed E-state index contributed by atoms with van der Waals surface area (Å²) in [7, 11) is -4.04. The highest BCUT2D eigenvalue weighted by molar-refractivity contribution is 7.89. The summed E-state index contributed by atoms with van der Waals surface area (Å²) in [6.07, 6.45) is 1.55. The van der Waals surface area contributed by atoms with E-state index in [0.29, 0.717) is 10.9 Å². The van der Waals surface area contributed by atoms with Crippen LogP contribution in [-0.4, -0.2) is 30.5 Å². The molecule has 2 N–H and O–H groups in total. The molecule has 3 aromatic rings. The number of hydrogen-bond acceptors (Lipinski definition) is 4. The molecule has 0 fully saturated rings. The second kappa shape index (κ2) is 7.00. The Morgan fingerprint density at radius 2 is 1.76 bits per heavy atom. The van der Waals surface area contributed by atoms with Crippen LogP contribution in [0.2, 0.25) is 0 Å². The number of fused-ring (bicyclic) bond motifs is 1. The summed E-state index contributed by atoms with van der Waals surface area (Å²) >= 11 is 0. The number of carboxylic acid groups (broad SMARTS) is 1. The Morgan fingerprint density at radius 1 is 1.04 bits per heavy atom. The predicted octanol–water partition coefficient (Wildman–Crippen LogP) is 2.21. The molecule has 0 aliphatic heterocycles. The number of pyridine rings is 1. The number of carbonyl (C=O) groups is 1. The number of sulfonamides is 1. The first-order chi connectivity index (χ1) is 12.0. The van der Waals surface area contributed by atoms with Gasteiger partial charge in [0.15, 0.2) is 0 Å². The summed E-state index contributed by atoms with van der Waals surface area (Å²) in [6.45, 7) is 0. The molecule has 0 bridgehead atoms. The Balaban J connectivity index is 1.94.